The van der Waals surface area contributed by atoms with Crippen LogP contribution in [0.3, 0.4) is 0 Å². The first-order valence-electron chi connectivity index (χ1n) is 6.56. The lowest BCUT2D eigenvalue weighted by molar-refractivity contribution is 0.203. The van der Waals surface area contributed by atoms with E-state index in [0.717, 1.165) is 4.90 Å². The highest BCUT2D eigenvalue weighted by Gasteiger charge is 2.14. The zero-order chi connectivity index (χ0) is 16.1. The third kappa shape index (κ3) is 3.54. The number of amides is 2. The number of rotatable bonds is 3. The molecule has 0 aliphatic rings. The van der Waals surface area contributed by atoms with Crippen molar-refractivity contribution in [1.82, 2.24) is 0 Å². The lowest BCUT2D eigenvalue weighted by Crippen LogP contribution is -2.29. The summed E-state index contributed by atoms with van der Waals surface area (Å²) in [6.07, 6.45) is -1.65. The number of carbonyl (C=O) groups is 2. The average molecular weight is 300 g/mol. The third-order valence-corrected chi connectivity index (χ3v) is 3.11. The lowest BCUT2D eigenvalue weighted by Gasteiger charge is -2.18. The number of hydrogen-bond acceptors (Lipinski definition) is 3. The SMILES string of the molecule is CN(C(=O)O)c1cccc(OC(=O)N(C)c2ccccc2)c1. The van der Waals surface area contributed by atoms with E-state index in [1.165, 1.54) is 18.0 Å². The van der Waals surface area contributed by atoms with E-state index in [0.29, 0.717) is 11.4 Å². The summed E-state index contributed by atoms with van der Waals surface area (Å²) < 4.78 is 5.27. The minimum absolute atomic E-state index is 0.276. The molecular formula is C16H16N2O4. The number of nitrogens with zero attached hydrogens (tertiary/aromatic N) is 2. The van der Waals surface area contributed by atoms with E-state index >= 15 is 0 Å². The van der Waals surface area contributed by atoms with E-state index in [2.05, 4.69) is 0 Å². The smallest absolute Gasteiger partial charge is 0.419 e. The Hall–Kier alpha value is -3.02. The molecule has 0 saturated heterocycles. The Labute approximate surface area is 128 Å². The van der Waals surface area contributed by atoms with Gasteiger partial charge in [0.15, 0.2) is 0 Å². The first kappa shape index (κ1) is 15.4. The van der Waals surface area contributed by atoms with Gasteiger partial charge in [-0.3, -0.25) is 9.80 Å². The van der Waals surface area contributed by atoms with Crippen LogP contribution >= 0.6 is 0 Å². The largest absolute Gasteiger partial charge is 0.465 e. The second-order valence-corrected chi connectivity index (χ2v) is 4.60. The second-order valence-electron chi connectivity index (χ2n) is 4.60. The van der Waals surface area contributed by atoms with E-state index in [4.69, 9.17) is 9.84 Å². The minimum Gasteiger partial charge on any atom is -0.465 e. The quantitative estimate of drug-likeness (QED) is 0.942. The maximum absolute atomic E-state index is 12.1. The predicted molar refractivity (Wildman–Crippen MR) is 83.7 cm³/mol. The summed E-state index contributed by atoms with van der Waals surface area (Å²) >= 11 is 0. The zero-order valence-corrected chi connectivity index (χ0v) is 12.3. The van der Waals surface area contributed by atoms with Crippen LogP contribution < -0.4 is 14.5 Å². The third-order valence-electron chi connectivity index (χ3n) is 3.11. The van der Waals surface area contributed by atoms with Crippen LogP contribution in [-0.2, 0) is 0 Å². The molecule has 0 aliphatic heterocycles. The van der Waals surface area contributed by atoms with Gasteiger partial charge in [0.2, 0.25) is 0 Å². The Morgan fingerprint density at radius 3 is 2.18 bits per heavy atom. The molecule has 2 rings (SSSR count). The van der Waals surface area contributed by atoms with Crippen LogP contribution in [0.15, 0.2) is 54.6 Å². The highest BCUT2D eigenvalue weighted by Crippen LogP contribution is 2.22. The maximum atomic E-state index is 12.1. The maximum Gasteiger partial charge on any atom is 0.419 e. The molecule has 6 nitrogen and oxygen atoms in total. The Kier molecular flexibility index (Phi) is 4.63. The summed E-state index contributed by atoms with van der Waals surface area (Å²) in [5, 5.41) is 8.96. The standard InChI is InChI=1S/C16H16N2O4/c1-17(15(19)20)13-9-6-10-14(11-13)22-16(21)18(2)12-7-4-3-5-8-12/h3-11H,1-2H3,(H,19,20). The van der Waals surface area contributed by atoms with Gasteiger partial charge < -0.3 is 9.84 Å². The summed E-state index contributed by atoms with van der Waals surface area (Å²) in [7, 11) is 3.02. The number of benzene rings is 2. The summed E-state index contributed by atoms with van der Waals surface area (Å²) in [5.41, 5.74) is 1.12. The van der Waals surface area contributed by atoms with Crippen LogP contribution in [0.2, 0.25) is 0 Å². The van der Waals surface area contributed by atoms with Gasteiger partial charge in [-0.25, -0.2) is 9.59 Å². The Morgan fingerprint density at radius 2 is 1.55 bits per heavy atom. The molecule has 0 spiro atoms. The number of para-hydroxylation sites is 1. The predicted octanol–water partition coefficient (Wildman–Crippen LogP) is 3.44. The molecule has 0 atom stereocenters. The van der Waals surface area contributed by atoms with Gasteiger partial charge in [0.25, 0.3) is 0 Å². The van der Waals surface area contributed by atoms with E-state index in [1.54, 1.807) is 37.4 Å². The van der Waals surface area contributed by atoms with Gasteiger partial charge in [-0.05, 0) is 24.3 Å². The van der Waals surface area contributed by atoms with Crippen LogP contribution in [0, 0.1) is 0 Å². The lowest BCUT2D eigenvalue weighted by atomic mass is 10.3. The molecule has 1 N–H and O–H groups in total. The fourth-order valence-electron chi connectivity index (χ4n) is 1.79. The first-order chi connectivity index (χ1) is 10.5. The van der Waals surface area contributed by atoms with Gasteiger partial charge in [0.05, 0.1) is 5.69 Å². The monoisotopic (exact) mass is 300 g/mol. The van der Waals surface area contributed by atoms with Crippen molar-refractivity contribution in [2.24, 2.45) is 0 Å². The molecule has 6 heteroatoms. The summed E-state index contributed by atoms with van der Waals surface area (Å²) in [4.78, 5) is 25.4. The van der Waals surface area contributed by atoms with Crippen molar-refractivity contribution in [3.05, 3.63) is 54.6 Å². The molecule has 0 radical (unpaired) electrons. The van der Waals surface area contributed by atoms with E-state index in [-0.39, 0.29) is 5.75 Å². The van der Waals surface area contributed by atoms with Crippen molar-refractivity contribution >= 4 is 23.6 Å². The molecule has 0 heterocycles. The molecule has 2 amide bonds. The molecule has 0 bridgehead atoms. The van der Waals surface area contributed by atoms with Crippen molar-refractivity contribution in [2.45, 2.75) is 0 Å². The highest BCUT2D eigenvalue weighted by molar-refractivity contribution is 5.89. The number of hydrogen-bond donors (Lipinski definition) is 1. The first-order valence-corrected chi connectivity index (χ1v) is 6.56. The molecule has 0 saturated carbocycles. The summed E-state index contributed by atoms with van der Waals surface area (Å²) in [5.74, 6) is 0.276. The number of carbonyl (C=O) groups excluding carboxylic acids is 1. The molecule has 0 unspecified atom stereocenters. The molecule has 0 aliphatic carbocycles. The van der Waals surface area contributed by atoms with Crippen LogP contribution in [0.4, 0.5) is 21.0 Å². The fourth-order valence-corrected chi connectivity index (χ4v) is 1.79. The van der Waals surface area contributed by atoms with Crippen molar-refractivity contribution in [3.8, 4) is 5.75 Å². The van der Waals surface area contributed by atoms with Gasteiger partial charge in [-0.2, -0.15) is 0 Å². The zero-order valence-electron chi connectivity index (χ0n) is 12.3. The number of anilines is 2. The Bertz CT molecular complexity index is 673. The molecule has 114 valence electrons. The van der Waals surface area contributed by atoms with Gasteiger partial charge in [0.1, 0.15) is 5.75 Å². The van der Waals surface area contributed by atoms with Crippen molar-refractivity contribution in [1.29, 1.82) is 0 Å². The van der Waals surface area contributed by atoms with E-state index in [1.807, 2.05) is 18.2 Å². The Balaban J connectivity index is 2.12. The van der Waals surface area contributed by atoms with Crippen LogP contribution in [0.25, 0.3) is 0 Å². The van der Waals surface area contributed by atoms with Crippen molar-refractivity contribution in [2.75, 3.05) is 23.9 Å². The van der Waals surface area contributed by atoms with E-state index < -0.39 is 12.2 Å². The van der Waals surface area contributed by atoms with Crippen LogP contribution in [0.5, 0.6) is 5.75 Å². The molecular weight excluding hydrogens is 284 g/mol. The molecule has 2 aromatic rings. The molecule has 2 aromatic carbocycles. The van der Waals surface area contributed by atoms with Gasteiger partial charge >= 0.3 is 12.2 Å². The van der Waals surface area contributed by atoms with Crippen molar-refractivity contribution < 1.29 is 19.4 Å². The van der Waals surface area contributed by atoms with Gasteiger partial charge in [0, 0.05) is 25.8 Å². The topological polar surface area (TPSA) is 70.1 Å². The molecule has 22 heavy (non-hydrogen) atoms. The Morgan fingerprint density at radius 1 is 0.909 bits per heavy atom. The fraction of sp³-hybridized carbons (Fsp3) is 0.125. The van der Waals surface area contributed by atoms with Gasteiger partial charge in [-0.1, -0.05) is 24.3 Å². The minimum atomic E-state index is -1.09. The highest BCUT2D eigenvalue weighted by atomic mass is 16.6. The van der Waals surface area contributed by atoms with Crippen LogP contribution in [0.1, 0.15) is 0 Å². The number of carboxylic acid groups (broad SMARTS) is 1. The average Bonchev–Trinajstić information content (AvgIpc) is 2.54. The normalized spacial score (nSPS) is 9.91. The van der Waals surface area contributed by atoms with E-state index in [9.17, 15) is 9.59 Å². The van der Waals surface area contributed by atoms with Gasteiger partial charge in [-0.15, -0.1) is 0 Å². The molecule has 0 fully saturated rings. The summed E-state index contributed by atoms with van der Waals surface area (Å²) in [6, 6.07) is 15.4. The van der Waals surface area contributed by atoms with Crippen molar-refractivity contribution in [3.63, 3.8) is 0 Å². The summed E-state index contributed by atoms with van der Waals surface area (Å²) in [6.45, 7) is 0. The van der Waals surface area contributed by atoms with Crippen LogP contribution in [-0.4, -0.2) is 31.4 Å². The molecule has 0 aromatic heterocycles. The number of ether oxygens (including phenoxy) is 1. The second kappa shape index (κ2) is 6.62.